The molecular weight excluding hydrogens is 332 g/mol. The van der Waals surface area contributed by atoms with Gasteiger partial charge in [0.1, 0.15) is 11.5 Å². The molecule has 0 radical (unpaired) electrons. The van der Waals surface area contributed by atoms with E-state index in [2.05, 4.69) is 36.4 Å². The Balaban J connectivity index is 1.72. The maximum Gasteiger partial charge on any atom is 0.128 e. The Morgan fingerprint density at radius 2 is 1.80 bits per heavy atom. The average molecular weight is 353 g/mol. The van der Waals surface area contributed by atoms with Crippen molar-refractivity contribution < 1.29 is 4.74 Å². The van der Waals surface area contributed by atoms with Crippen molar-refractivity contribution >= 4 is 23.5 Å². The van der Waals surface area contributed by atoms with Crippen molar-refractivity contribution in [3.05, 3.63) is 76.6 Å². The second kappa shape index (κ2) is 7.58. The molecule has 128 valence electrons. The molecule has 0 aliphatic rings. The number of rotatable bonds is 5. The summed E-state index contributed by atoms with van der Waals surface area (Å²) in [5.41, 5.74) is 4.54. The van der Waals surface area contributed by atoms with Crippen molar-refractivity contribution in [1.82, 2.24) is 4.57 Å². The van der Waals surface area contributed by atoms with Gasteiger partial charge in [-0.2, -0.15) is 0 Å². The fraction of sp³-hybridized carbons (Fsp3) is 0.190. The molecule has 0 saturated heterocycles. The number of hydrogen-bond acceptors (Lipinski definition) is 2. The third kappa shape index (κ3) is 4.12. The minimum atomic E-state index is 0.656. The van der Waals surface area contributed by atoms with E-state index in [0.717, 1.165) is 29.3 Å². The SMILES string of the molecule is CCn1c(C)cc(C=Nc2ccc(Oc3cccc(Cl)c3)cc2)c1C. The van der Waals surface area contributed by atoms with Crippen molar-refractivity contribution in [1.29, 1.82) is 0 Å². The van der Waals surface area contributed by atoms with Gasteiger partial charge in [-0.1, -0.05) is 17.7 Å². The molecule has 0 unspecified atom stereocenters. The maximum absolute atomic E-state index is 5.97. The Kier molecular flexibility index (Phi) is 5.25. The Morgan fingerprint density at radius 1 is 1.04 bits per heavy atom. The molecule has 0 spiro atoms. The first-order chi connectivity index (χ1) is 12.1. The van der Waals surface area contributed by atoms with E-state index in [1.807, 2.05) is 48.7 Å². The zero-order valence-corrected chi connectivity index (χ0v) is 15.4. The van der Waals surface area contributed by atoms with Gasteiger partial charge in [0.2, 0.25) is 0 Å². The van der Waals surface area contributed by atoms with E-state index in [1.54, 1.807) is 6.07 Å². The number of nitrogens with zero attached hydrogens (tertiary/aromatic N) is 2. The highest BCUT2D eigenvalue weighted by Gasteiger charge is 2.05. The predicted octanol–water partition coefficient (Wildman–Crippen LogP) is 6.32. The fourth-order valence-electron chi connectivity index (χ4n) is 2.86. The lowest BCUT2D eigenvalue weighted by Gasteiger charge is -2.06. The van der Waals surface area contributed by atoms with Crippen molar-refractivity contribution in [2.75, 3.05) is 0 Å². The van der Waals surface area contributed by atoms with E-state index in [4.69, 9.17) is 16.3 Å². The summed E-state index contributed by atoms with van der Waals surface area (Å²) >= 11 is 5.97. The Morgan fingerprint density at radius 3 is 2.44 bits per heavy atom. The minimum Gasteiger partial charge on any atom is -0.457 e. The van der Waals surface area contributed by atoms with Crippen LogP contribution in [-0.4, -0.2) is 10.8 Å². The number of benzene rings is 2. The minimum absolute atomic E-state index is 0.656. The summed E-state index contributed by atoms with van der Waals surface area (Å²) in [6, 6.07) is 17.2. The quantitative estimate of drug-likeness (QED) is 0.493. The lowest BCUT2D eigenvalue weighted by Crippen LogP contribution is -1.99. The third-order valence-corrected chi connectivity index (χ3v) is 4.39. The highest BCUT2D eigenvalue weighted by molar-refractivity contribution is 6.30. The summed E-state index contributed by atoms with van der Waals surface area (Å²) in [7, 11) is 0. The molecule has 3 nitrogen and oxygen atoms in total. The summed E-state index contributed by atoms with van der Waals surface area (Å²) in [4.78, 5) is 4.57. The van der Waals surface area contributed by atoms with Crippen LogP contribution in [0.25, 0.3) is 0 Å². The zero-order valence-electron chi connectivity index (χ0n) is 14.7. The van der Waals surface area contributed by atoms with Crippen LogP contribution in [0.2, 0.25) is 5.02 Å². The van der Waals surface area contributed by atoms with E-state index in [-0.39, 0.29) is 0 Å². The molecule has 3 rings (SSSR count). The van der Waals surface area contributed by atoms with Crippen LogP contribution in [0.3, 0.4) is 0 Å². The molecule has 25 heavy (non-hydrogen) atoms. The average Bonchev–Trinajstić information content (AvgIpc) is 2.87. The topological polar surface area (TPSA) is 26.5 Å². The number of ether oxygens (including phenoxy) is 1. The normalized spacial score (nSPS) is 11.2. The number of halogens is 1. The Hall–Kier alpha value is -2.52. The van der Waals surface area contributed by atoms with Crippen molar-refractivity contribution in [3.63, 3.8) is 0 Å². The molecule has 0 N–H and O–H groups in total. The molecule has 0 aliphatic heterocycles. The van der Waals surface area contributed by atoms with Crippen molar-refractivity contribution in [2.45, 2.75) is 27.3 Å². The second-order valence-electron chi connectivity index (χ2n) is 5.88. The molecule has 1 aromatic heterocycles. The molecule has 2 aromatic carbocycles. The molecule has 1 heterocycles. The number of aromatic nitrogens is 1. The standard InChI is InChI=1S/C21H21ClN2O/c1-4-24-15(2)12-17(16(24)3)14-23-19-8-10-20(11-9-19)25-21-7-5-6-18(22)13-21/h5-14H,4H2,1-3H3. The summed E-state index contributed by atoms with van der Waals surface area (Å²) in [5, 5.41) is 0.656. The summed E-state index contributed by atoms with van der Waals surface area (Å²) in [5.74, 6) is 1.47. The first-order valence-corrected chi connectivity index (χ1v) is 8.69. The van der Waals surface area contributed by atoms with Crippen LogP contribution < -0.4 is 4.74 Å². The van der Waals surface area contributed by atoms with Gasteiger partial charge in [-0.15, -0.1) is 0 Å². The first kappa shape index (κ1) is 17.3. The van der Waals surface area contributed by atoms with Crippen LogP contribution in [0.5, 0.6) is 11.5 Å². The van der Waals surface area contributed by atoms with Gasteiger partial charge < -0.3 is 9.30 Å². The van der Waals surface area contributed by atoms with Gasteiger partial charge in [0, 0.05) is 34.7 Å². The van der Waals surface area contributed by atoms with E-state index in [1.165, 1.54) is 11.4 Å². The highest BCUT2D eigenvalue weighted by atomic mass is 35.5. The van der Waals surface area contributed by atoms with Gasteiger partial charge in [-0.3, -0.25) is 4.99 Å². The summed E-state index contributed by atoms with van der Waals surface area (Å²) in [6.07, 6.45) is 1.92. The lowest BCUT2D eigenvalue weighted by molar-refractivity contribution is 0.483. The van der Waals surface area contributed by atoms with Gasteiger partial charge in [-0.25, -0.2) is 0 Å². The maximum atomic E-state index is 5.97. The van der Waals surface area contributed by atoms with Crippen LogP contribution >= 0.6 is 11.6 Å². The van der Waals surface area contributed by atoms with Crippen LogP contribution in [0, 0.1) is 13.8 Å². The van der Waals surface area contributed by atoms with Gasteiger partial charge in [0.05, 0.1) is 5.69 Å². The van der Waals surface area contributed by atoms with Crippen LogP contribution in [0.15, 0.2) is 59.6 Å². The smallest absolute Gasteiger partial charge is 0.128 e. The van der Waals surface area contributed by atoms with Gasteiger partial charge >= 0.3 is 0 Å². The molecule has 0 saturated carbocycles. The largest absolute Gasteiger partial charge is 0.457 e. The van der Waals surface area contributed by atoms with Gasteiger partial charge in [-0.05, 0) is 69.3 Å². The van der Waals surface area contributed by atoms with E-state index in [9.17, 15) is 0 Å². The molecule has 0 bridgehead atoms. The summed E-state index contributed by atoms with van der Waals surface area (Å²) in [6.45, 7) is 7.37. The molecule has 0 fully saturated rings. The first-order valence-electron chi connectivity index (χ1n) is 8.31. The number of aryl methyl sites for hydroxylation is 1. The van der Waals surface area contributed by atoms with Crippen LogP contribution in [0.1, 0.15) is 23.9 Å². The van der Waals surface area contributed by atoms with Gasteiger partial charge in [0.15, 0.2) is 0 Å². The lowest BCUT2D eigenvalue weighted by atomic mass is 10.2. The Bertz CT molecular complexity index is 895. The highest BCUT2D eigenvalue weighted by Crippen LogP contribution is 2.26. The third-order valence-electron chi connectivity index (χ3n) is 4.15. The van der Waals surface area contributed by atoms with Crippen LogP contribution in [0.4, 0.5) is 5.69 Å². The van der Waals surface area contributed by atoms with E-state index in [0.29, 0.717) is 5.02 Å². The zero-order chi connectivity index (χ0) is 17.8. The van der Waals surface area contributed by atoms with Crippen molar-refractivity contribution in [2.24, 2.45) is 4.99 Å². The van der Waals surface area contributed by atoms with Crippen LogP contribution in [-0.2, 0) is 6.54 Å². The Labute approximate surface area is 153 Å². The predicted molar refractivity (Wildman–Crippen MR) is 105 cm³/mol. The molecule has 0 aliphatic carbocycles. The molecule has 4 heteroatoms. The monoisotopic (exact) mass is 352 g/mol. The molecule has 0 amide bonds. The van der Waals surface area contributed by atoms with Gasteiger partial charge in [0.25, 0.3) is 0 Å². The number of hydrogen-bond donors (Lipinski definition) is 0. The molecular formula is C21H21ClN2O. The molecule has 3 aromatic rings. The van der Waals surface area contributed by atoms with E-state index >= 15 is 0 Å². The van der Waals surface area contributed by atoms with E-state index < -0.39 is 0 Å². The van der Waals surface area contributed by atoms with Crippen molar-refractivity contribution in [3.8, 4) is 11.5 Å². The number of aliphatic imine (C=N–C) groups is 1. The molecule has 0 atom stereocenters. The fourth-order valence-corrected chi connectivity index (χ4v) is 3.04. The second-order valence-corrected chi connectivity index (χ2v) is 6.32. The summed E-state index contributed by atoms with van der Waals surface area (Å²) < 4.78 is 8.07.